The number of benzene rings is 1. The Kier molecular flexibility index (Phi) is 5.25. The van der Waals surface area contributed by atoms with E-state index in [4.69, 9.17) is 4.42 Å². The molecule has 1 N–H and O–H groups in total. The molecule has 3 aromatic heterocycles. The summed E-state index contributed by atoms with van der Waals surface area (Å²) in [6.45, 7) is 3.61. The van der Waals surface area contributed by atoms with Crippen molar-refractivity contribution in [3.63, 3.8) is 0 Å². The topological polar surface area (TPSA) is 94.2 Å². The summed E-state index contributed by atoms with van der Waals surface area (Å²) in [6.07, 6.45) is 5.14. The van der Waals surface area contributed by atoms with Gasteiger partial charge in [-0.2, -0.15) is 0 Å². The maximum absolute atomic E-state index is 13.5. The van der Waals surface area contributed by atoms with Crippen molar-refractivity contribution in [2.75, 3.05) is 5.32 Å². The lowest BCUT2D eigenvalue weighted by atomic mass is 9.91. The highest BCUT2D eigenvalue weighted by Gasteiger charge is 2.29. The number of hydrogen-bond acceptors (Lipinski definition) is 6. The van der Waals surface area contributed by atoms with E-state index in [1.165, 1.54) is 22.2 Å². The Bertz CT molecular complexity index is 1470. The van der Waals surface area contributed by atoms with Gasteiger partial charge in [0.1, 0.15) is 22.5 Å². The van der Waals surface area contributed by atoms with Crippen LogP contribution < -0.4 is 10.9 Å². The van der Waals surface area contributed by atoms with Gasteiger partial charge in [0.25, 0.3) is 11.5 Å². The van der Waals surface area contributed by atoms with Gasteiger partial charge in [-0.3, -0.25) is 14.4 Å². The zero-order valence-corrected chi connectivity index (χ0v) is 19.5. The minimum absolute atomic E-state index is 0.101. The SMILES string of the molecule is Cc1ccc(C(=O)c2c(NC(=O)c3c(C)oc4ncn(C)c(=O)c34)sc3c2CCCC3)cc1. The standard InChI is InChI=1S/C25H23N3O4S/c1-13-8-10-15(11-9-13)21(29)19-16-6-4-5-7-17(16)33-24(19)27-22(30)18-14(2)32-23-20(18)25(31)28(3)12-26-23/h8-12H,4-7H2,1-3H3,(H,27,30). The third-order valence-corrected chi connectivity index (χ3v) is 7.32. The first-order valence-corrected chi connectivity index (χ1v) is 11.7. The van der Waals surface area contributed by atoms with Crippen LogP contribution in [0.15, 0.2) is 39.8 Å². The molecule has 4 aromatic rings. The minimum Gasteiger partial charge on any atom is -0.442 e. The summed E-state index contributed by atoms with van der Waals surface area (Å²) in [6, 6.07) is 7.46. The molecule has 1 aliphatic rings. The molecule has 0 unspecified atom stereocenters. The molecule has 0 radical (unpaired) electrons. The molecule has 168 valence electrons. The van der Waals surface area contributed by atoms with Crippen molar-refractivity contribution in [2.45, 2.75) is 39.5 Å². The van der Waals surface area contributed by atoms with Crippen LogP contribution in [0.1, 0.15) is 60.9 Å². The van der Waals surface area contributed by atoms with Gasteiger partial charge >= 0.3 is 0 Å². The molecule has 0 saturated heterocycles. The van der Waals surface area contributed by atoms with E-state index in [2.05, 4.69) is 10.3 Å². The van der Waals surface area contributed by atoms with Crippen LogP contribution in [-0.4, -0.2) is 21.2 Å². The summed E-state index contributed by atoms with van der Waals surface area (Å²) in [5, 5.41) is 3.60. The third kappa shape index (κ3) is 3.60. The van der Waals surface area contributed by atoms with Gasteiger partial charge in [-0.15, -0.1) is 11.3 Å². The second-order valence-electron chi connectivity index (χ2n) is 8.44. The quantitative estimate of drug-likeness (QED) is 0.450. The first kappa shape index (κ1) is 21.3. The van der Waals surface area contributed by atoms with Crippen LogP contribution >= 0.6 is 11.3 Å². The van der Waals surface area contributed by atoms with E-state index in [-0.39, 0.29) is 28.0 Å². The molecule has 0 atom stereocenters. The van der Waals surface area contributed by atoms with Gasteiger partial charge in [-0.25, -0.2) is 4.98 Å². The number of rotatable bonds is 4. The van der Waals surface area contributed by atoms with Crippen molar-refractivity contribution < 1.29 is 14.0 Å². The molecule has 1 aliphatic carbocycles. The molecule has 0 saturated carbocycles. The maximum Gasteiger partial charge on any atom is 0.265 e. The molecule has 0 fully saturated rings. The molecular weight excluding hydrogens is 438 g/mol. The molecule has 1 aromatic carbocycles. The fourth-order valence-electron chi connectivity index (χ4n) is 4.37. The van der Waals surface area contributed by atoms with Gasteiger partial charge in [0.15, 0.2) is 5.78 Å². The molecule has 33 heavy (non-hydrogen) atoms. The van der Waals surface area contributed by atoms with Gasteiger partial charge < -0.3 is 14.3 Å². The summed E-state index contributed by atoms with van der Waals surface area (Å²) in [7, 11) is 1.57. The Morgan fingerprint density at radius 2 is 1.82 bits per heavy atom. The number of furan rings is 1. The lowest BCUT2D eigenvalue weighted by Crippen LogP contribution is -2.21. The number of thiophene rings is 1. The van der Waals surface area contributed by atoms with E-state index in [1.54, 1.807) is 14.0 Å². The number of carbonyl (C=O) groups is 2. The molecule has 5 rings (SSSR count). The molecule has 1 amide bonds. The second kappa shape index (κ2) is 8.12. The van der Waals surface area contributed by atoms with Gasteiger partial charge in [0, 0.05) is 17.5 Å². The van der Waals surface area contributed by atoms with Crippen LogP contribution in [0.5, 0.6) is 0 Å². The second-order valence-corrected chi connectivity index (χ2v) is 9.54. The van der Waals surface area contributed by atoms with E-state index in [0.29, 0.717) is 21.9 Å². The first-order chi connectivity index (χ1) is 15.8. The number of ketones is 1. The first-order valence-electron chi connectivity index (χ1n) is 10.9. The van der Waals surface area contributed by atoms with Crippen molar-refractivity contribution in [2.24, 2.45) is 7.05 Å². The fraction of sp³-hybridized carbons (Fsp3) is 0.280. The zero-order chi connectivity index (χ0) is 23.3. The fourth-order valence-corrected chi connectivity index (χ4v) is 5.65. The maximum atomic E-state index is 13.5. The van der Waals surface area contributed by atoms with Crippen molar-refractivity contribution in [3.8, 4) is 0 Å². The Balaban J connectivity index is 1.60. The van der Waals surface area contributed by atoms with Crippen molar-refractivity contribution in [1.29, 1.82) is 0 Å². The van der Waals surface area contributed by atoms with Gasteiger partial charge in [-0.1, -0.05) is 29.8 Å². The Hall–Kier alpha value is -3.52. The highest BCUT2D eigenvalue weighted by molar-refractivity contribution is 7.17. The van der Waals surface area contributed by atoms with Crippen molar-refractivity contribution in [3.05, 3.63) is 79.4 Å². The van der Waals surface area contributed by atoms with Crippen LogP contribution in [0.25, 0.3) is 11.1 Å². The van der Waals surface area contributed by atoms with E-state index in [0.717, 1.165) is 41.7 Å². The third-order valence-electron chi connectivity index (χ3n) is 6.11. The number of nitrogens with one attached hydrogen (secondary N) is 1. The monoisotopic (exact) mass is 461 g/mol. The summed E-state index contributed by atoms with van der Waals surface area (Å²) in [5.41, 5.74) is 3.17. The van der Waals surface area contributed by atoms with Crippen LogP contribution in [-0.2, 0) is 19.9 Å². The summed E-state index contributed by atoms with van der Waals surface area (Å²) in [4.78, 5) is 44.9. The number of nitrogens with zero attached hydrogens (tertiary/aromatic N) is 2. The number of aromatic nitrogens is 2. The van der Waals surface area contributed by atoms with E-state index < -0.39 is 5.91 Å². The van der Waals surface area contributed by atoms with Crippen LogP contribution in [0.2, 0.25) is 0 Å². The number of aryl methyl sites for hydroxylation is 4. The number of carbonyl (C=O) groups excluding carboxylic acids is 2. The Morgan fingerprint density at radius 3 is 2.58 bits per heavy atom. The van der Waals surface area contributed by atoms with E-state index in [9.17, 15) is 14.4 Å². The molecule has 0 bridgehead atoms. The lowest BCUT2D eigenvalue weighted by molar-refractivity contribution is 0.102. The van der Waals surface area contributed by atoms with Crippen LogP contribution in [0, 0.1) is 13.8 Å². The smallest absolute Gasteiger partial charge is 0.265 e. The molecule has 7 nitrogen and oxygen atoms in total. The average molecular weight is 462 g/mol. The van der Waals surface area contributed by atoms with Gasteiger partial charge in [-0.05, 0) is 45.1 Å². The Labute approximate surface area is 194 Å². The largest absolute Gasteiger partial charge is 0.442 e. The van der Waals surface area contributed by atoms with E-state index in [1.807, 2.05) is 31.2 Å². The predicted molar refractivity (Wildman–Crippen MR) is 128 cm³/mol. The highest BCUT2D eigenvalue weighted by atomic mass is 32.1. The number of amides is 1. The minimum atomic E-state index is -0.479. The average Bonchev–Trinajstić information content (AvgIpc) is 3.33. The summed E-state index contributed by atoms with van der Waals surface area (Å²) in [5.74, 6) is -0.269. The number of hydrogen-bond donors (Lipinski definition) is 1. The molecular formula is C25H23N3O4S. The van der Waals surface area contributed by atoms with Gasteiger partial charge in [0.2, 0.25) is 5.71 Å². The summed E-state index contributed by atoms with van der Waals surface area (Å²) >= 11 is 1.45. The zero-order valence-electron chi connectivity index (χ0n) is 18.7. The predicted octanol–water partition coefficient (Wildman–Crippen LogP) is 4.57. The van der Waals surface area contributed by atoms with Gasteiger partial charge in [0.05, 0.1) is 11.1 Å². The van der Waals surface area contributed by atoms with Crippen molar-refractivity contribution >= 4 is 39.1 Å². The van der Waals surface area contributed by atoms with Crippen molar-refractivity contribution in [1.82, 2.24) is 9.55 Å². The van der Waals surface area contributed by atoms with E-state index >= 15 is 0 Å². The lowest BCUT2D eigenvalue weighted by Gasteiger charge is -2.13. The molecule has 8 heteroatoms. The Morgan fingerprint density at radius 1 is 1.09 bits per heavy atom. The van der Waals surface area contributed by atoms with Crippen LogP contribution in [0.4, 0.5) is 5.00 Å². The highest BCUT2D eigenvalue weighted by Crippen LogP contribution is 2.40. The molecule has 0 spiro atoms. The number of anilines is 1. The normalized spacial score (nSPS) is 13.2. The molecule has 0 aliphatic heterocycles. The molecule has 3 heterocycles. The summed E-state index contributed by atoms with van der Waals surface area (Å²) < 4.78 is 6.89. The van der Waals surface area contributed by atoms with Crippen LogP contribution in [0.3, 0.4) is 0 Å². The number of fused-ring (bicyclic) bond motifs is 2.